The minimum atomic E-state index is -1.07. The molecule has 140 valence electrons. The third-order valence-electron chi connectivity index (χ3n) is 4.25. The molecule has 0 aliphatic rings. The first-order chi connectivity index (χ1) is 12.5. The van der Waals surface area contributed by atoms with Gasteiger partial charge in [-0.1, -0.05) is 50.1 Å². The van der Waals surface area contributed by atoms with Gasteiger partial charge < -0.3 is 14.8 Å². The summed E-state index contributed by atoms with van der Waals surface area (Å²) in [6, 6.07) is 7.94. The van der Waals surface area contributed by atoms with Crippen LogP contribution in [0.2, 0.25) is 0 Å². The van der Waals surface area contributed by atoms with Gasteiger partial charge in [-0.05, 0) is 12.0 Å². The summed E-state index contributed by atoms with van der Waals surface area (Å²) in [4.78, 5) is 27.2. The Labute approximate surface area is 152 Å². The standard InChI is InChI=1S/C19H25N3O4/c1-2-3-9-16(18(23)24)21-17(19(25)26)10-15-11-20-13-22(15)12-14-7-5-4-6-8-14/h4-8,11,13,16-17,21H,2-3,9-10,12H2,1H3,(H,23,24)(H,25,26). The lowest BCUT2D eigenvalue weighted by Gasteiger charge is -2.20. The highest BCUT2D eigenvalue weighted by atomic mass is 16.4. The Hall–Kier alpha value is -2.67. The van der Waals surface area contributed by atoms with Gasteiger partial charge in [0.2, 0.25) is 0 Å². The van der Waals surface area contributed by atoms with Crippen LogP contribution in [0.1, 0.15) is 37.4 Å². The Bertz CT molecular complexity index is 715. The number of nitrogens with zero attached hydrogens (tertiary/aromatic N) is 2. The van der Waals surface area contributed by atoms with Crippen molar-refractivity contribution in [1.82, 2.24) is 14.9 Å². The Morgan fingerprint density at radius 3 is 2.46 bits per heavy atom. The van der Waals surface area contributed by atoms with E-state index >= 15 is 0 Å². The number of unbranched alkanes of at least 4 members (excludes halogenated alkanes) is 1. The molecule has 0 radical (unpaired) electrons. The van der Waals surface area contributed by atoms with Crippen molar-refractivity contribution < 1.29 is 19.8 Å². The van der Waals surface area contributed by atoms with Crippen LogP contribution in [0.5, 0.6) is 0 Å². The average molecular weight is 359 g/mol. The SMILES string of the molecule is CCCCC(NC(Cc1cncn1Cc1ccccc1)C(=O)O)C(=O)O. The molecule has 1 heterocycles. The summed E-state index contributed by atoms with van der Waals surface area (Å²) in [7, 11) is 0. The van der Waals surface area contributed by atoms with Crippen molar-refractivity contribution in [1.29, 1.82) is 0 Å². The molecule has 0 spiro atoms. The van der Waals surface area contributed by atoms with Gasteiger partial charge in [-0.3, -0.25) is 14.9 Å². The predicted molar refractivity (Wildman–Crippen MR) is 97.0 cm³/mol. The number of nitrogens with one attached hydrogen (secondary N) is 1. The van der Waals surface area contributed by atoms with E-state index in [1.165, 1.54) is 0 Å². The third kappa shape index (κ3) is 5.70. The van der Waals surface area contributed by atoms with E-state index in [1.807, 2.05) is 41.8 Å². The van der Waals surface area contributed by atoms with Crippen LogP contribution < -0.4 is 5.32 Å². The molecular formula is C19H25N3O4. The number of hydrogen-bond donors (Lipinski definition) is 3. The third-order valence-corrected chi connectivity index (χ3v) is 4.25. The molecule has 7 heteroatoms. The van der Waals surface area contributed by atoms with Gasteiger partial charge in [0.1, 0.15) is 12.1 Å². The zero-order valence-corrected chi connectivity index (χ0v) is 14.8. The number of carboxylic acid groups (broad SMARTS) is 2. The summed E-state index contributed by atoms with van der Waals surface area (Å²) in [5, 5.41) is 21.6. The average Bonchev–Trinajstić information content (AvgIpc) is 3.04. The van der Waals surface area contributed by atoms with Crippen molar-refractivity contribution in [2.45, 2.75) is 51.2 Å². The first kappa shape index (κ1) is 19.7. The van der Waals surface area contributed by atoms with Gasteiger partial charge in [0.05, 0.1) is 6.33 Å². The van der Waals surface area contributed by atoms with Gasteiger partial charge in [-0.15, -0.1) is 0 Å². The minimum Gasteiger partial charge on any atom is -0.480 e. The number of carbonyl (C=O) groups is 2. The van der Waals surface area contributed by atoms with E-state index in [4.69, 9.17) is 0 Å². The zero-order valence-electron chi connectivity index (χ0n) is 14.8. The fraction of sp³-hybridized carbons (Fsp3) is 0.421. The van der Waals surface area contributed by atoms with Crippen LogP contribution in [-0.4, -0.2) is 43.8 Å². The molecule has 26 heavy (non-hydrogen) atoms. The van der Waals surface area contributed by atoms with Crippen molar-refractivity contribution >= 4 is 11.9 Å². The number of aliphatic carboxylic acids is 2. The molecule has 2 unspecified atom stereocenters. The van der Waals surface area contributed by atoms with Gasteiger partial charge in [0.25, 0.3) is 0 Å². The van der Waals surface area contributed by atoms with Crippen LogP contribution in [0.3, 0.4) is 0 Å². The summed E-state index contributed by atoms with van der Waals surface area (Å²) in [6.45, 7) is 2.55. The predicted octanol–water partition coefficient (Wildman–Crippen LogP) is 2.16. The second kappa shape index (κ2) is 9.72. The Morgan fingerprint density at radius 2 is 1.85 bits per heavy atom. The van der Waals surface area contributed by atoms with Crippen molar-refractivity contribution in [3.63, 3.8) is 0 Å². The lowest BCUT2D eigenvalue weighted by molar-refractivity contribution is -0.142. The number of carboxylic acids is 2. The van der Waals surface area contributed by atoms with Crippen LogP contribution in [-0.2, 0) is 22.6 Å². The summed E-state index contributed by atoms with van der Waals surface area (Å²) in [5.74, 6) is -2.09. The molecule has 1 aromatic carbocycles. The Morgan fingerprint density at radius 1 is 1.15 bits per heavy atom. The zero-order chi connectivity index (χ0) is 18.9. The topological polar surface area (TPSA) is 104 Å². The molecule has 0 amide bonds. The molecule has 2 atom stereocenters. The van der Waals surface area contributed by atoms with Gasteiger partial charge in [0.15, 0.2) is 0 Å². The van der Waals surface area contributed by atoms with Gasteiger partial charge in [-0.25, -0.2) is 4.98 Å². The quantitative estimate of drug-likeness (QED) is 0.568. The van der Waals surface area contributed by atoms with E-state index in [0.717, 1.165) is 24.1 Å². The van der Waals surface area contributed by atoms with E-state index in [9.17, 15) is 19.8 Å². The van der Waals surface area contributed by atoms with Crippen LogP contribution in [0.25, 0.3) is 0 Å². The highest BCUT2D eigenvalue weighted by Gasteiger charge is 2.26. The van der Waals surface area contributed by atoms with Crippen molar-refractivity contribution in [3.8, 4) is 0 Å². The molecule has 0 saturated carbocycles. The molecule has 0 aliphatic heterocycles. The minimum absolute atomic E-state index is 0.165. The van der Waals surface area contributed by atoms with Crippen molar-refractivity contribution in [2.24, 2.45) is 0 Å². The Balaban J connectivity index is 2.09. The van der Waals surface area contributed by atoms with Gasteiger partial charge >= 0.3 is 11.9 Å². The van der Waals surface area contributed by atoms with Crippen LogP contribution in [0.15, 0.2) is 42.9 Å². The largest absolute Gasteiger partial charge is 0.480 e. The summed E-state index contributed by atoms with van der Waals surface area (Å²) < 4.78 is 1.88. The molecule has 7 nitrogen and oxygen atoms in total. The maximum atomic E-state index is 11.6. The Kier molecular flexibility index (Phi) is 7.35. The summed E-state index contributed by atoms with van der Waals surface area (Å²) in [6.07, 6.45) is 5.43. The van der Waals surface area contributed by atoms with Crippen molar-refractivity contribution in [3.05, 3.63) is 54.1 Å². The molecule has 0 bridgehead atoms. The summed E-state index contributed by atoms with van der Waals surface area (Å²) >= 11 is 0. The lowest BCUT2D eigenvalue weighted by Crippen LogP contribution is -2.48. The number of imidazole rings is 1. The normalized spacial score (nSPS) is 13.3. The number of rotatable bonds is 11. The molecule has 0 saturated heterocycles. The van der Waals surface area contributed by atoms with E-state index in [0.29, 0.717) is 13.0 Å². The van der Waals surface area contributed by atoms with Crippen LogP contribution >= 0.6 is 0 Å². The fourth-order valence-corrected chi connectivity index (χ4v) is 2.80. The van der Waals surface area contributed by atoms with Crippen LogP contribution in [0, 0.1) is 0 Å². The maximum Gasteiger partial charge on any atom is 0.321 e. The molecule has 0 aliphatic carbocycles. The maximum absolute atomic E-state index is 11.6. The van der Waals surface area contributed by atoms with Gasteiger partial charge in [-0.2, -0.15) is 0 Å². The first-order valence-corrected chi connectivity index (χ1v) is 8.75. The first-order valence-electron chi connectivity index (χ1n) is 8.75. The molecule has 0 fully saturated rings. The number of hydrogen-bond acceptors (Lipinski definition) is 4. The smallest absolute Gasteiger partial charge is 0.321 e. The van der Waals surface area contributed by atoms with Crippen LogP contribution in [0.4, 0.5) is 0 Å². The van der Waals surface area contributed by atoms with Gasteiger partial charge in [0, 0.05) is 24.9 Å². The number of benzene rings is 1. The molecule has 2 rings (SSSR count). The number of aromatic nitrogens is 2. The van der Waals surface area contributed by atoms with E-state index in [2.05, 4.69) is 10.3 Å². The van der Waals surface area contributed by atoms with E-state index in [-0.39, 0.29) is 6.42 Å². The highest BCUT2D eigenvalue weighted by molar-refractivity contribution is 5.77. The monoisotopic (exact) mass is 359 g/mol. The lowest BCUT2D eigenvalue weighted by atomic mass is 10.1. The van der Waals surface area contributed by atoms with E-state index < -0.39 is 24.0 Å². The van der Waals surface area contributed by atoms with Crippen molar-refractivity contribution in [2.75, 3.05) is 0 Å². The van der Waals surface area contributed by atoms with E-state index in [1.54, 1.807) is 12.5 Å². The highest BCUT2D eigenvalue weighted by Crippen LogP contribution is 2.10. The molecule has 2 aromatic rings. The molecule has 3 N–H and O–H groups in total. The second-order valence-electron chi connectivity index (χ2n) is 6.29. The molecular weight excluding hydrogens is 334 g/mol. The molecule has 1 aromatic heterocycles. The fourth-order valence-electron chi connectivity index (χ4n) is 2.80. The second-order valence-corrected chi connectivity index (χ2v) is 6.29. The summed E-state index contributed by atoms with van der Waals surface area (Å²) in [5.41, 5.74) is 1.83.